The Hall–Kier alpha value is 0.570. The zero-order valence-corrected chi connectivity index (χ0v) is 7.80. The highest BCUT2D eigenvalue weighted by Crippen LogP contribution is 2.29. The average molecular weight is 207 g/mol. The molecule has 1 unspecified atom stereocenters. The topological polar surface area (TPSA) is 0 Å². The third-order valence-corrected chi connectivity index (χ3v) is 3.56. The van der Waals surface area contributed by atoms with Gasteiger partial charge in [0, 0.05) is 5.33 Å². The molecule has 1 rings (SSSR count). The first-order chi connectivity index (χ1) is 4.34. The molecule has 1 aliphatic rings. The summed E-state index contributed by atoms with van der Waals surface area (Å²) < 4.78 is 0. The minimum absolute atomic E-state index is 0.800. The lowest BCUT2D eigenvalue weighted by molar-refractivity contribution is 0.706. The van der Waals surface area contributed by atoms with Gasteiger partial charge in [0.05, 0.1) is 0 Å². The molecule has 9 heavy (non-hydrogen) atoms. The van der Waals surface area contributed by atoms with Gasteiger partial charge in [-0.1, -0.05) is 28.1 Å². The predicted octanol–water partition coefficient (Wildman–Crippen LogP) is 2.69. The standard InChI is InChI=1S/C7H11BrS/c1-6(4-8)7-2-3-9-5-7/h7H,1-5H2. The molecule has 0 amide bonds. The van der Waals surface area contributed by atoms with Gasteiger partial charge in [0.1, 0.15) is 0 Å². The fraction of sp³-hybridized carbons (Fsp3) is 0.714. The maximum atomic E-state index is 3.99. The molecule has 0 bridgehead atoms. The van der Waals surface area contributed by atoms with Crippen molar-refractivity contribution in [3.8, 4) is 0 Å². The summed E-state index contributed by atoms with van der Waals surface area (Å²) in [6.45, 7) is 3.99. The van der Waals surface area contributed by atoms with Crippen molar-refractivity contribution in [1.29, 1.82) is 0 Å². The second-order valence-corrected chi connectivity index (χ2v) is 4.06. The second kappa shape index (κ2) is 3.67. The Morgan fingerprint density at radius 3 is 3.00 bits per heavy atom. The molecule has 52 valence electrons. The van der Waals surface area contributed by atoms with Crippen LogP contribution in [0.5, 0.6) is 0 Å². The molecule has 0 saturated carbocycles. The zero-order chi connectivity index (χ0) is 6.69. The van der Waals surface area contributed by atoms with E-state index in [2.05, 4.69) is 22.5 Å². The Kier molecular flexibility index (Phi) is 3.13. The fourth-order valence-electron chi connectivity index (χ4n) is 0.966. The molecule has 2 heteroatoms. The SMILES string of the molecule is C=C(CBr)C1CCSC1. The lowest BCUT2D eigenvalue weighted by Gasteiger charge is -2.07. The first-order valence-electron chi connectivity index (χ1n) is 3.16. The van der Waals surface area contributed by atoms with E-state index in [-0.39, 0.29) is 0 Å². The quantitative estimate of drug-likeness (QED) is 0.495. The monoisotopic (exact) mass is 206 g/mol. The maximum absolute atomic E-state index is 3.99. The molecule has 1 aliphatic heterocycles. The molecule has 0 aromatic rings. The Morgan fingerprint density at radius 2 is 2.56 bits per heavy atom. The van der Waals surface area contributed by atoms with E-state index in [0.717, 1.165) is 11.2 Å². The van der Waals surface area contributed by atoms with Crippen LogP contribution in [0.2, 0.25) is 0 Å². The summed E-state index contributed by atoms with van der Waals surface area (Å²) in [7, 11) is 0. The van der Waals surface area contributed by atoms with Gasteiger partial charge in [0.2, 0.25) is 0 Å². The van der Waals surface area contributed by atoms with Crippen molar-refractivity contribution in [2.75, 3.05) is 16.8 Å². The van der Waals surface area contributed by atoms with Gasteiger partial charge in [0.15, 0.2) is 0 Å². The van der Waals surface area contributed by atoms with Crippen molar-refractivity contribution in [3.63, 3.8) is 0 Å². The molecule has 0 spiro atoms. The smallest absolute Gasteiger partial charge is 0.0242 e. The van der Waals surface area contributed by atoms with Crippen molar-refractivity contribution in [3.05, 3.63) is 12.2 Å². The number of rotatable bonds is 2. The van der Waals surface area contributed by atoms with Crippen molar-refractivity contribution >= 4 is 27.7 Å². The van der Waals surface area contributed by atoms with Crippen LogP contribution in [0.4, 0.5) is 0 Å². The van der Waals surface area contributed by atoms with Gasteiger partial charge < -0.3 is 0 Å². The van der Waals surface area contributed by atoms with Crippen LogP contribution in [-0.2, 0) is 0 Å². The molecular formula is C7H11BrS. The van der Waals surface area contributed by atoms with Crippen molar-refractivity contribution in [2.45, 2.75) is 6.42 Å². The third kappa shape index (κ3) is 2.01. The molecule has 0 aromatic heterocycles. The molecule has 0 nitrogen and oxygen atoms in total. The summed E-state index contributed by atoms with van der Waals surface area (Å²) in [5.74, 6) is 3.43. The van der Waals surface area contributed by atoms with Gasteiger partial charge in [-0.05, 0) is 23.8 Å². The van der Waals surface area contributed by atoms with Crippen LogP contribution < -0.4 is 0 Å². The molecule has 0 aromatic carbocycles. The van der Waals surface area contributed by atoms with E-state index >= 15 is 0 Å². The molecule has 0 radical (unpaired) electrons. The molecule has 1 saturated heterocycles. The molecule has 1 fully saturated rings. The summed E-state index contributed by atoms with van der Waals surface area (Å²) in [6, 6.07) is 0. The normalized spacial score (nSPS) is 26.6. The van der Waals surface area contributed by atoms with E-state index < -0.39 is 0 Å². The number of hydrogen-bond donors (Lipinski definition) is 0. The number of hydrogen-bond acceptors (Lipinski definition) is 1. The van der Waals surface area contributed by atoms with Crippen LogP contribution in [0, 0.1) is 5.92 Å². The van der Waals surface area contributed by atoms with Crippen LogP contribution in [0.1, 0.15) is 6.42 Å². The minimum atomic E-state index is 0.800. The van der Waals surface area contributed by atoms with Crippen molar-refractivity contribution in [2.24, 2.45) is 5.92 Å². The van der Waals surface area contributed by atoms with Crippen LogP contribution >= 0.6 is 27.7 Å². The van der Waals surface area contributed by atoms with Gasteiger partial charge in [-0.2, -0.15) is 11.8 Å². The molecular weight excluding hydrogens is 196 g/mol. The predicted molar refractivity (Wildman–Crippen MR) is 48.4 cm³/mol. The molecule has 0 N–H and O–H groups in total. The van der Waals surface area contributed by atoms with Gasteiger partial charge >= 0.3 is 0 Å². The van der Waals surface area contributed by atoms with Crippen LogP contribution in [0.25, 0.3) is 0 Å². The largest absolute Gasteiger partial charge is 0.161 e. The summed E-state index contributed by atoms with van der Waals surface area (Å²) in [6.07, 6.45) is 1.34. The summed E-state index contributed by atoms with van der Waals surface area (Å²) in [5, 5.41) is 0.984. The van der Waals surface area contributed by atoms with Crippen molar-refractivity contribution < 1.29 is 0 Å². The van der Waals surface area contributed by atoms with E-state index in [1.165, 1.54) is 23.5 Å². The van der Waals surface area contributed by atoms with Gasteiger partial charge in [-0.25, -0.2) is 0 Å². The summed E-state index contributed by atoms with van der Waals surface area (Å²) >= 11 is 5.46. The first kappa shape index (κ1) is 7.67. The van der Waals surface area contributed by atoms with Gasteiger partial charge in [0.25, 0.3) is 0 Å². The zero-order valence-electron chi connectivity index (χ0n) is 5.40. The first-order valence-corrected chi connectivity index (χ1v) is 5.43. The molecule has 1 heterocycles. The Labute approximate surface area is 69.2 Å². The van der Waals surface area contributed by atoms with E-state index in [0.29, 0.717) is 0 Å². The Balaban J connectivity index is 2.32. The highest BCUT2D eigenvalue weighted by molar-refractivity contribution is 9.09. The average Bonchev–Trinajstić information content (AvgIpc) is 2.37. The number of thioether (sulfide) groups is 1. The van der Waals surface area contributed by atoms with Crippen LogP contribution in [0.3, 0.4) is 0 Å². The third-order valence-electron chi connectivity index (χ3n) is 1.68. The highest BCUT2D eigenvalue weighted by Gasteiger charge is 2.16. The van der Waals surface area contributed by atoms with E-state index in [1.54, 1.807) is 0 Å². The Bertz CT molecular complexity index is 105. The highest BCUT2D eigenvalue weighted by atomic mass is 79.9. The molecule has 0 aliphatic carbocycles. The number of alkyl halides is 1. The minimum Gasteiger partial charge on any atom is -0.161 e. The molecule has 1 atom stereocenters. The fourth-order valence-corrected chi connectivity index (χ4v) is 2.73. The van der Waals surface area contributed by atoms with E-state index in [9.17, 15) is 0 Å². The van der Waals surface area contributed by atoms with E-state index in [4.69, 9.17) is 0 Å². The summed E-state index contributed by atoms with van der Waals surface area (Å²) in [5.41, 5.74) is 1.38. The van der Waals surface area contributed by atoms with Crippen LogP contribution in [0.15, 0.2) is 12.2 Å². The van der Waals surface area contributed by atoms with Gasteiger partial charge in [-0.15, -0.1) is 0 Å². The second-order valence-electron chi connectivity index (χ2n) is 2.35. The van der Waals surface area contributed by atoms with Gasteiger partial charge in [-0.3, -0.25) is 0 Å². The van der Waals surface area contributed by atoms with Crippen LogP contribution in [-0.4, -0.2) is 16.8 Å². The Morgan fingerprint density at radius 1 is 1.78 bits per heavy atom. The lowest BCUT2D eigenvalue weighted by atomic mass is 10.0. The number of allylic oxidation sites excluding steroid dienone is 1. The van der Waals surface area contributed by atoms with Crippen molar-refractivity contribution in [1.82, 2.24) is 0 Å². The summed E-state index contributed by atoms with van der Waals surface area (Å²) in [4.78, 5) is 0. The lowest BCUT2D eigenvalue weighted by Crippen LogP contribution is -2.01. The number of halogens is 1. The maximum Gasteiger partial charge on any atom is 0.0242 e. The van der Waals surface area contributed by atoms with E-state index in [1.807, 2.05) is 11.8 Å².